The predicted molar refractivity (Wildman–Crippen MR) is 138 cm³/mol. The molecule has 1 amide bonds. The highest BCUT2D eigenvalue weighted by atomic mass is 32.1. The van der Waals surface area contributed by atoms with Crippen molar-refractivity contribution in [3.05, 3.63) is 65.2 Å². The van der Waals surface area contributed by atoms with Gasteiger partial charge < -0.3 is 14.9 Å². The Balaban J connectivity index is 1.08. The third-order valence-corrected chi connectivity index (χ3v) is 8.53. The van der Waals surface area contributed by atoms with Crippen LogP contribution in [-0.2, 0) is 4.79 Å². The lowest BCUT2D eigenvalue weighted by Gasteiger charge is -2.42. The van der Waals surface area contributed by atoms with Crippen LogP contribution in [0.5, 0.6) is 0 Å². The molecule has 35 heavy (non-hydrogen) atoms. The number of carboxylic acids is 1. The Bertz CT molecular complexity index is 1290. The van der Waals surface area contributed by atoms with Gasteiger partial charge in [0.05, 0.1) is 12.1 Å². The summed E-state index contributed by atoms with van der Waals surface area (Å²) in [5.74, 6) is 0.0768. The summed E-state index contributed by atoms with van der Waals surface area (Å²) >= 11 is 1.78. The Morgan fingerprint density at radius 3 is 2.60 bits per heavy atom. The van der Waals surface area contributed by atoms with Crippen molar-refractivity contribution in [2.75, 3.05) is 37.6 Å². The zero-order valence-corrected chi connectivity index (χ0v) is 20.3. The van der Waals surface area contributed by atoms with Crippen LogP contribution in [0.4, 0.5) is 5.82 Å². The van der Waals surface area contributed by atoms with Gasteiger partial charge in [0.1, 0.15) is 5.82 Å². The lowest BCUT2D eigenvalue weighted by Crippen LogP contribution is -2.56. The van der Waals surface area contributed by atoms with E-state index >= 15 is 0 Å². The lowest BCUT2D eigenvalue weighted by atomic mass is 9.98. The molecule has 0 aliphatic carbocycles. The Hall–Kier alpha value is -3.23. The Labute approximate surface area is 208 Å². The van der Waals surface area contributed by atoms with Crippen molar-refractivity contribution >= 4 is 44.7 Å². The van der Waals surface area contributed by atoms with Crippen molar-refractivity contribution in [3.8, 4) is 0 Å². The summed E-state index contributed by atoms with van der Waals surface area (Å²) in [7, 11) is 0. The lowest BCUT2D eigenvalue weighted by molar-refractivity contribution is -0.132. The van der Waals surface area contributed by atoms with Gasteiger partial charge in [0, 0.05) is 49.2 Å². The first-order valence-corrected chi connectivity index (χ1v) is 13.1. The topological polar surface area (TPSA) is 77.0 Å². The molecule has 0 saturated carbocycles. The fraction of sp³-hybridized carbons (Fsp3) is 0.370. The highest BCUT2D eigenvalue weighted by molar-refractivity contribution is 7.17. The van der Waals surface area contributed by atoms with Crippen molar-refractivity contribution < 1.29 is 14.7 Å². The normalized spacial score (nSPS) is 22.5. The molecule has 3 aliphatic rings. The van der Waals surface area contributed by atoms with E-state index in [1.165, 1.54) is 27.4 Å². The van der Waals surface area contributed by atoms with Gasteiger partial charge in [-0.15, -0.1) is 11.3 Å². The standard InChI is InChI=1S/C27H28N4O3S/c32-25(30-11-8-18(9-12-30)23-3-1-2-19-10-13-35-26(19)23)17-29-15-21-5-6-22(16-29)31(21)24-7-4-20(14-28-24)27(33)34/h1-4,7-8,10,13-14,21-22H,5-6,9,11-12,15-17H2,(H,33,34). The average Bonchev–Trinajstić information content (AvgIpc) is 3.46. The van der Waals surface area contributed by atoms with Crippen LogP contribution >= 0.6 is 11.3 Å². The molecule has 0 radical (unpaired) electrons. The van der Waals surface area contributed by atoms with Crippen molar-refractivity contribution in [1.29, 1.82) is 0 Å². The molecule has 6 rings (SSSR count). The van der Waals surface area contributed by atoms with Gasteiger partial charge in [-0.05, 0) is 59.4 Å². The summed E-state index contributed by atoms with van der Waals surface area (Å²) in [6.45, 7) is 3.55. The molecule has 2 unspecified atom stereocenters. The first-order valence-electron chi connectivity index (χ1n) is 12.2. The maximum Gasteiger partial charge on any atom is 0.337 e. The van der Waals surface area contributed by atoms with Gasteiger partial charge in [-0.3, -0.25) is 9.69 Å². The van der Waals surface area contributed by atoms with Crippen LogP contribution in [0.25, 0.3) is 15.7 Å². The molecule has 180 valence electrons. The molecule has 3 aromatic rings. The molecule has 2 fully saturated rings. The summed E-state index contributed by atoms with van der Waals surface area (Å²) in [4.78, 5) is 35.3. The molecule has 2 aromatic heterocycles. The molecule has 1 N–H and O–H groups in total. The van der Waals surface area contributed by atoms with E-state index in [1.54, 1.807) is 17.4 Å². The van der Waals surface area contributed by atoms with Crippen molar-refractivity contribution in [2.24, 2.45) is 0 Å². The zero-order chi connectivity index (χ0) is 23.9. The highest BCUT2D eigenvalue weighted by Gasteiger charge is 2.41. The fourth-order valence-electron chi connectivity index (χ4n) is 5.84. The number of nitrogens with zero attached hydrogens (tertiary/aromatic N) is 4. The molecule has 2 saturated heterocycles. The van der Waals surface area contributed by atoms with E-state index in [4.69, 9.17) is 5.11 Å². The van der Waals surface area contributed by atoms with E-state index in [1.807, 2.05) is 11.0 Å². The molecule has 1 aromatic carbocycles. The van der Waals surface area contributed by atoms with Crippen LogP contribution in [-0.4, -0.2) is 76.6 Å². The second-order valence-corrected chi connectivity index (χ2v) is 10.6. The van der Waals surface area contributed by atoms with E-state index in [-0.39, 0.29) is 11.5 Å². The monoisotopic (exact) mass is 488 g/mol. The third-order valence-electron chi connectivity index (χ3n) is 7.56. The minimum Gasteiger partial charge on any atom is -0.478 e. The van der Waals surface area contributed by atoms with Gasteiger partial charge in [-0.1, -0.05) is 24.3 Å². The second-order valence-electron chi connectivity index (χ2n) is 9.66. The number of rotatable bonds is 5. The fourth-order valence-corrected chi connectivity index (χ4v) is 6.79. The maximum atomic E-state index is 13.1. The number of pyridine rings is 1. The molecular weight excluding hydrogens is 460 g/mol. The summed E-state index contributed by atoms with van der Waals surface area (Å²) < 4.78 is 1.33. The van der Waals surface area contributed by atoms with Gasteiger partial charge >= 0.3 is 5.97 Å². The number of fused-ring (bicyclic) bond motifs is 3. The maximum absolute atomic E-state index is 13.1. The van der Waals surface area contributed by atoms with E-state index in [0.717, 1.165) is 44.7 Å². The number of thiophene rings is 1. The molecule has 5 heterocycles. The van der Waals surface area contributed by atoms with Crippen LogP contribution in [0.3, 0.4) is 0 Å². The Morgan fingerprint density at radius 1 is 1.09 bits per heavy atom. The number of carbonyl (C=O) groups excluding carboxylic acids is 1. The number of amides is 1. The smallest absolute Gasteiger partial charge is 0.337 e. The number of anilines is 1. The zero-order valence-electron chi connectivity index (χ0n) is 19.5. The summed E-state index contributed by atoms with van der Waals surface area (Å²) in [6, 6.07) is 12.7. The minimum absolute atomic E-state index is 0.200. The van der Waals surface area contributed by atoms with Crippen LogP contribution in [0.2, 0.25) is 0 Å². The predicted octanol–water partition coefficient (Wildman–Crippen LogP) is 3.96. The number of likely N-dealkylation sites (tertiary alicyclic amines) is 1. The van der Waals surface area contributed by atoms with Crippen molar-refractivity contribution in [1.82, 2.24) is 14.8 Å². The first-order chi connectivity index (χ1) is 17.1. The molecule has 2 atom stereocenters. The van der Waals surface area contributed by atoms with Gasteiger partial charge in [0.2, 0.25) is 5.91 Å². The van der Waals surface area contributed by atoms with E-state index in [0.29, 0.717) is 25.2 Å². The average molecular weight is 489 g/mol. The Kier molecular flexibility index (Phi) is 5.78. The van der Waals surface area contributed by atoms with Crippen LogP contribution in [0, 0.1) is 0 Å². The van der Waals surface area contributed by atoms with Crippen molar-refractivity contribution in [3.63, 3.8) is 0 Å². The van der Waals surface area contributed by atoms with Gasteiger partial charge in [-0.2, -0.15) is 0 Å². The number of hydrogen-bond donors (Lipinski definition) is 1. The third kappa shape index (κ3) is 4.21. The van der Waals surface area contributed by atoms with Crippen LogP contribution in [0.15, 0.2) is 54.1 Å². The van der Waals surface area contributed by atoms with E-state index < -0.39 is 5.97 Å². The van der Waals surface area contributed by atoms with Crippen LogP contribution in [0.1, 0.15) is 35.2 Å². The second kappa shape index (κ2) is 9.09. The summed E-state index contributed by atoms with van der Waals surface area (Å²) in [6.07, 6.45) is 6.69. The SMILES string of the molecule is O=C(O)c1ccc(N2C3CCC2CN(CC(=O)N2CC=C(c4cccc5ccsc45)CC2)C3)nc1. The van der Waals surface area contributed by atoms with Crippen LogP contribution < -0.4 is 4.90 Å². The number of carboxylic acid groups (broad SMARTS) is 1. The minimum atomic E-state index is -0.960. The van der Waals surface area contributed by atoms with Gasteiger partial charge in [-0.25, -0.2) is 9.78 Å². The summed E-state index contributed by atoms with van der Waals surface area (Å²) in [5.41, 5.74) is 2.86. The molecule has 3 aliphatic heterocycles. The molecule has 8 heteroatoms. The number of carbonyl (C=O) groups is 2. The van der Waals surface area contributed by atoms with E-state index in [9.17, 15) is 9.59 Å². The Morgan fingerprint density at radius 2 is 1.91 bits per heavy atom. The number of aromatic nitrogens is 1. The first kappa shape index (κ1) is 22.2. The molecule has 0 spiro atoms. The summed E-state index contributed by atoms with van der Waals surface area (Å²) in [5, 5.41) is 12.6. The van der Waals surface area contributed by atoms with E-state index in [2.05, 4.69) is 50.5 Å². The number of hydrogen-bond acceptors (Lipinski definition) is 6. The number of piperazine rings is 1. The highest BCUT2D eigenvalue weighted by Crippen LogP contribution is 2.35. The van der Waals surface area contributed by atoms with Crippen molar-refractivity contribution in [2.45, 2.75) is 31.3 Å². The molecular formula is C27H28N4O3S. The quantitative estimate of drug-likeness (QED) is 0.586. The number of benzene rings is 1. The van der Waals surface area contributed by atoms with Gasteiger partial charge in [0.25, 0.3) is 0 Å². The largest absolute Gasteiger partial charge is 0.478 e. The molecule has 7 nitrogen and oxygen atoms in total. The molecule has 2 bridgehead atoms. The van der Waals surface area contributed by atoms with Gasteiger partial charge in [0.15, 0.2) is 0 Å². The number of aromatic carboxylic acids is 1.